The Labute approximate surface area is 86.7 Å². The third-order valence-electron chi connectivity index (χ3n) is 2.60. The number of hydrogen-bond acceptors (Lipinski definition) is 2. The molecule has 1 fully saturated rings. The number of aromatic amines is 1. The van der Waals surface area contributed by atoms with Crippen molar-refractivity contribution in [2.24, 2.45) is 5.92 Å². The minimum Gasteiger partial charge on any atom is -0.481 e. The Morgan fingerprint density at radius 2 is 2.47 bits per heavy atom. The highest BCUT2D eigenvalue weighted by Crippen LogP contribution is 2.19. The average molecular weight is 208 g/mol. The van der Waals surface area contributed by atoms with Crippen LogP contribution in [0.5, 0.6) is 0 Å². The molecule has 2 rings (SSSR count). The standard InChI is InChI=1S/C10H12N2O3/c13-9-3-8(10(14)15)6-12(9)5-7-1-2-11-4-7/h1-2,4,8,11H,3,5-6H2,(H,14,15). The predicted molar refractivity (Wildman–Crippen MR) is 52.0 cm³/mol. The van der Waals surface area contributed by atoms with Gasteiger partial charge in [0.15, 0.2) is 0 Å². The average Bonchev–Trinajstić information content (AvgIpc) is 2.77. The van der Waals surface area contributed by atoms with E-state index < -0.39 is 11.9 Å². The highest BCUT2D eigenvalue weighted by atomic mass is 16.4. The molecule has 1 unspecified atom stereocenters. The Kier molecular flexibility index (Phi) is 2.45. The summed E-state index contributed by atoms with van der Waals surface area (Å²) in [6, 6.07) is 1.88. The lowest BCUT2D eigenvalue weighted by molar-refractivity contribution is -0.141. The molecule has 1 aromatic rings. The van der Waals surface area contributed by atoms with Crippen molar-refractivity contribution in [3.05, 3.63) is 24.0 Å². The van der Waals surface area contributed by atoms with Gasteiger partial charge in [-0.3, -0.25) is 9.59 Å². The van der Waals surface area contributed by atoms with Crippen molar-refractivity contribution in [1.82, 2.24) is 9.88 Å². The Morgan fingerprint density at radius 3 is 3.00 bits per heavy atom. The van der Waals surface area contributed by atoms with Crippen LogP contribution in [0.25, 0.3) is 0 Å². The molecule has 80 valence electrons. The Hall–Kier alpha value is -1.78. The van der Waals surface area contributed by atoms with Gasteiger partial charge in [-0.05, 0) is 11.6 Å². The van der Waals surface area contributed by atoms with Crippen LogP contribution in [0.4, 0.5) is 0 Å². The Morgan fingerprint density at radius 1 is 1.67 bits per heavy atom. The molecule has 1 amide bonds. The number of carbonyl (C=O) groups is 2. The van der Waals surface area contributed by atoms with E-state index in [9.17, 15) is 9.59 Å². The van der Waals surface area contributed by atoms with E-state index in [2.05, 4.69) is 4.98 Å². The predicted octanol–water partition coefficient (Wildman–Crippen LogP) is 0.448. The molecule has 0 radical (unpaired) electrons. The first-order valence-electron chi connectivity index (χ1n) is 4.79. The molecule has 2 heterocycles. The molecule has 1 aliphatic rings. The first kappa shape index (κ1) is 9.76. The summed E-state index contributed by atoms with van der Waals surface area (Å²) >= 11 is 0. The van der Waals surface area contributed by atoms with Crippen LogP contribution in [0.2, 0.25) is 0 Å². The SMILES string of the molecule is O=C(O)C1CC(=O)N(Cc2cc[nH]c2)C1. The second kappa shape index (κ2) is 3.76. The van der Waals surface area contributed by atoms with Crippen LogP contribution in [-0.4, -0.2) is 33.4 Å². The molecule has 0 bridgehead atoms. The number of aliphatic carboxylic acids is 1. The van der Waals surface area contributed by atoms with E-state index in [1.54, 1.807) is 17.3 Å². The van der Waals surface area contributed by atoms with E-state index in [1.165, 1.54) is 0 Å². The molecule has 1 saturated heterocycles. The largest absolute Gasteiger partial charge is 0.481 e. The van der Waals surface area contributed by atoms with Crippen molar-refractivity contribution in [3.63, 3.8) is 0 Å². The van der Waals surface area contributed by atoms with Crippen LogP contribution < -0.4 is 0 Å². The molecule has 0 spiro atoms. The van der Waals surface area contributed by atoms with Crippen molar-refractivity contribution >= 4 is 11.9 Å². The fourth-order valence-electron chi connectivity index (χ4n) is 1.77. The molecule has 1 aromatic heterocycles. The van der Waals surface area contributed by atoms with Crippen LogP contribution in [0.15, 0.2) is 18.5 Å². The number of likely N-dealkylation sites (tertiary alicyclic amines) is 1. The van der Waals surface area contributed by atoms with Crippen molar-refractivity contribution in [3.8, 4) is 0 Å². The first-order valence-corrected chi connectivity index (χ1v) is 4.79. The zero-order valence-electron chi connectivity index (χ0n) is 8.14. The summed E-state index contributed by atoms with van der Waals surface area (Å²) in [5.74, 6) is -1.51. The molecule has 5 heteroatoms. The number of H-pyrrole nitrogens is 1. The van der Waals surface area contributed by atoms with Crippen LogP contribution >= 0.6 is 0 Å². The molecule has 0 aromatic carbocycles. The van der Waals surface area contributed by atoms with Gasteiger partial charge >= 0.3 is 5.97 Å². The highest BCUT2D eigenvalue weighted by molar-refractivity contribution is 5.86. The minimum atomic E-state index is -0.889. The zero-order chi connectivity index (χ0) is 10.8. The molecule has 15 heavy (non-hydrogen) atoms. The van der Waals surface area contributed by atoms with Gasteiger partial charge in [0, 0.05) is 31.9 Å². The molecular weight excluding hydrogens is 196 g/mol. The maximum absolute atomic E-state index is 11.5. The van der Waals surface area contributed by atoms with Crippen molar-refractivity contribution < 1.29 is 14.7 Å². The van der Waals surface area contributed by atoms with E-state index in [0.717, 1.165) is 5.56 Å². The normalized spacial score (nSPS) is 20.9. The molecular formula is C10H12N2O3. The van der Waals surface area contributed by atoms with Crippen LogP contribution in [0.3, 0.4) is 0 Å². The van der Waals surface area contributed by atoms with Crippen LogP contribution in [0, 0.1) is 5.92 Å². The third-order valence-corrected chi connectivity index (χ3v) is 2.60. The second-order valence-electron chi connectivity index (χ2n) is 3.73. The van der Waals surface area contributed by atoms with E-state index in [0.29, 0.717) is 13.1 Å². The van der Waals surface area contributed by atoms with Crippen molar-refractivity contribution in [1.29, 1.82) is 0 Å². The second-order valence-corrected chi connectivity index (χ2v) is 3.73. The highest BCUT2D eigenvalue weighted by Gasteiger charge is 2.33. The molecule has 0 saturated carbocycles. The maximum Gasteiger partial charge on any atom is 0.308 e. The van der Waals surface area contributed by atoms with E-state index in [-0.39, 0.29) is 12.3 Å². The maximum atomic E-state index is 11.5. The zero-order valence-corrected chi connectivity index (χ0v) is 8.14. The van der Waals surface area contributed by atoms with Gasteiger partial charge in [-0.15, -0.1) is 0 Å². The number of carboxylic acid groups (broad SMARTS) is 1. The van der Waals surface area contributed by atoms with E-state index in [1.807, 2.05) is 6.07 Å². The van der Waals surface area contributed by atoms with Crippen molar-refractivity contribution in [2.45, 2.75) is 13.0 Å². The molecule has 1 atom stereocenters. The van der Waals surface area contributed by atoms with E-state index in [4.69, 9.17) is 5.11 Å². The fraction of sp³-hybridized carbons (Fsp3) is 0.400. The molecule has 2 N–H and O–H groups in total. The number of aromatic nitrogens is 1. The number of hydrogen-bond donors (Lipinski definition) is 2. The van der Waals surface area contributed by atoms with Gasteiger partial charge < -0.3 is 15.0 Å². The third kappa shape index (κ3) is 2.01. The summed E-state index contributed by atoms with van der Waals surface area (Å²) < 4.78 is 0. The van der Waals surface area contributed by atoms with Crippen LogP contribution in [0.1, 0.15) is 12.0 Å². The van der Waals surface area contributed by atoms with Gasteiger partial charge in [0.2, 0.25) is 5.91 Å². The van der Waals surface area contributed by atoms with Gasteiger partial charge in [-0.1, -0.05) is 0 Å². The number of carbonyl (C=O) groups excluding carboxylic acids is 1. The smallest absolute Gasteiger partial charge is 0.308 e. The van der Waals surface area contributed by atoms with Gasteiger partial charge in [0.05, 0.1) is 5.92 Å². The lowest BCUT2D eigenvalue weighted by atomic mass is 10.1. The summed E-state index contributed by atoms with van der Waals surface area (Å²) in [4.78, 5) is 26.7. The number of rotatable bonds is 3. The van der Waals surface area contributed by atoms with Gasteiger partial charge in [0.1, 0.15) is 0 Å². The fourth-order valence-corrected chi connectivity index (χ4v) is 1.77. The Balaban J connectivity index is 2.00. The lowest BCUT2D eigenvalue weighted by Gasteiger charge is -2.14. The lowest BCUT2D eigenvalue weighted by Crippen LogP contribution is -2.25. The summed E-state index contributed by atoms with van der Waals surface area (Å²) in [6.45, 7) is 0.811. The van der Waals surface area contributed by atoms with Crippen molar-refractivity contribution in [2.75, 3.05) is 6.54 Å². The number of carboxylic acids is 1. The van der Waals surface area contributed by atoms with Gasteiger partial charge in [-0.25, -0.2) is 0 Å². The topological polar surface area (TPSA) is 73.4 Å². The molecule has 0 aliphatic carbocycles. The summed E-state index contributed by atoms with van der Waals surface area (Å²) in [5, 5.41) is 8.79. The summed E-state index contributed by atoms with van der Waals surface area (Å²) in [7, 11) is 0. The first-order chi connectivity index (χ1) is 7.16. The number of nitrogens with one attached hydrogen (secondary N) is 1. The number of nitrogens with zero attached hydrogens (tertiary/aromatic N) is 1. The summed E-state index contributed by atoms with van der Waals surface area (Å²) in [6.07, 6.45) is 3.71. The quantitative estimate of drug-likeness (QED) is 0.757. The monoisotopic (exact) mass is 208 g/mol. The summed E-state index contributed by atoms with van der Waals surface area (Å²) in [5.41, 5.74) is 0.995. The van der Waals surface area contributed by atoms with Gasteiger partial charge in [0.25, 0.3) is 0 Å². The van der Waals surface area contributed by atoms with Gasteiger partial charge in [-0.2, -0.15) is 0 Å². The number of amides is 1. The van der Waals surface area contributed by atoms with E-state index >= 15 is 0 Å². The molecule has 1 aliphatic heterocycles. The van der Waals surface area contributed by atoms with Crippen LogP contribution in [-0.2, 0) is 16.1 Å². The molecule has 5 nitrogen and oxygen atoms in total. The minimum absolute atomic E-state index is 0.0800. The Bertz CT molecular complexity index is 372.